The van der Waals surface area contributed by atoms with Gasteiger partial charge in [0, 0.05) is 5.56 Å². The monoisotopic (exact) mass is 224 g/mol. The van der Waals surface area contributed by atoms with Gasteiger partial charge in [-0.25, -0.2) is 0 Å². The van der Waals surface area contributed by atoms with Crippen LogP contribution in [0.2, 0.25) is 0 Å². The van der Waals surface area contributed by atoms with Crippen molar-refractivity contribution in [2.75, 3.05) is 5.73 Å². The van der Waals surface area contributed by atoms with Crippen LogP contribution in [0.4, 0.5) is 5.88 Å². The fourth-order valence-electron chi connectivity index (χ4n) is 2.00. The van der Waals surface area contributed by atoms with E-state index in [1.807, 2.05) is 0 Å². The number of hydrogen-bond acceptors (Lipinski definition) is 3. The van der Waals surface area contributed by atoms with Crippen LogP contribution >= 0.6 is 0 Å². The van der Waals surface area contributed by atoms with E-state index < -0.39 is 0 Å². The van der Waals surface area contributed by atoms with Gasteiger partial charge in [0.15, 0.2) is 0 Å². The zero-order valence-electron chi connectivity index (χ0n) is 10.6. The average Bonchev–Trinajstić information content (AvgIpc) is 2.64. The second kappa shape index (κ2) is 7.31. The lowest BCUT2D eigenvalue weighted by atomic mass is 10.1. The van der Waals surface area contributed by atoms with Gasteiger partial charge in [-0.3, -0.25) is 0 Å². The normalized spacial score (nSPS) is 10.9. The molecule has 0 unspecified atom stereocenters. The lowest BCUT2D eigenvalue weighted by Gasteiger charge is -2.00. The molecular weight excluding hydrogens is 200 g/mol. The molecule has 0 fully saturated rings. The predicted octanol–water partition coefficient (Wildman–Crippen LogP) is 3.72. The highest BCUT2D eigenvalue weighted by molar-refractivity contribution is 5.38. The zero-order valence-corrected chi connectivity index (χ0v) is 10.6. The number of unbranched alkanes of at least 4 members (excludes halogenated alkanes) is 5. The third-order valence-electron chi connectivity index (χ3n) is 3.02. The van der Waals surface area contributed by atoms with E-state index in [4.69, 9.17) is 10.3 Å². The minimum Gasteiger partial charge on any atom is -0.367 e. The second-order valence-corrected chi connectivity index (χ2v) is 4.34. The summed E-state index contributed by atoms with van der Waals surface area (Å²) in [6.07, 6.45) is 9.77. The van der Waals surface area contributed by atoms with Crippen LogP contribution < -0.4 is 5.73 Å². The maximum absolute atomic E-state index is 5.69. The number of nitrogens with two attached hydrogens (primary N) is 1. The van der Waals surface area contributed by atoms with E-state index in [9.17, 15) is 0 Å². The first kappa shape index (κ1) is 13.1. The minimum absolute atomic E-state index is 0.503. The fourth-order valence-corrected chi connectivity index (χ4v) is 2.00. The summed E-state index contributed by atoms with van der Waals surface area (Å²) in [6.45, 7) is 4.33. The Hall–Kier alpha value is -0.990. The summed E-state index contributed by atoms with van der Waals surface area (Å²) in [5.74, 6) is 0.503. The van der Waals surface area contributed by atoms with E-state index in [2.05, 4.69) is 19.0 Å². The molecule has 2 N–H and O–H groups in total. The maximum atomic E-state index is 5.69. The van der Waals surface area contributed by atoms with E-state index in [0.29, 0.717) is 5.88 Å². The van der Waals surface area contributed by atoms with Crippen LogP contribution in [-0.4, -0.2) is 5.16 Å². The summed E-state index contributed by atoms with van der Waals surface area (Å²) >= 11 is 0. The maximum Gasteiger partial charge on any atom is 0.225 e. The number of hydrogen-bond donors (Lipinski definition) is 1. The van der Waals surface area contributed by atoms with Crippen molar-refractivity contribution in [1.82, 2.24) is 5.16 Å². The third kappa shape index (κ3) is 3.87. The van der Waals surface area contributed by atoms with Gasteiger partial charge in [-0.1, -0.05) is 51.1 Å². The van der Waals surface area contributed by atoms with Crippen molar-refractivity contribution in [3.63, 3.8) is 0 Å². The standard InChI is InChI=1S/C13H24N2O/c1-3-5-6-7-8-9-10-12-11(4-2)13(14)16-15-12/h3-10,14H2,1-2H3. The smallest absolute Gasteiger partial charge is 0.225 e. The van der Waals surface area contributed by atoms with Crippen LogP contribution in [0.3, 0.4) is 0 Å². The molecule has 0 aliphatic heterocycles. The average molecular weight is 224 g/mol. The number of rotatable bonds is 8. The first-order chi connectivity index (χ1) is 7.79. The largest absolute Gasteiger partial charge is 0.367 e. The van der Waals surface area contributed by atoms with Crippen molar-refractivity contribution in [2.24, 2.45) is 0 Å². The molecule has 0 saturated carbocycles. The molecule has 0 radical (unpaired) electrons. The molecule has 1 heterocycles. The first-order valence-electron chi connectivity index (χ1n) is 6.52. The Labute approximate surface area is 98.4 Å². The molecule has 16 heavy (non-hydrogen) atoms. The molecule has 1 rings (SSSR count). The van der Waals surface area contributed by atoms with Gasteiger partial charge in [-0.05, 0) is 19.3 Å². The van der Waals surface area contributed by atoms with Gasteiger partial charge in [0.05, 0.1) is 5.69 Å². The van der Waals surface area contributed by atoms with Crippen molar-refractivity contribution >= 4 is 5.88 Å². The lowest BCUT2D eigenvalue weighted by molar-refractivity contribution is 0.425. The van der Waals surface area contributed by atoms with Crippen molar-refractivity contribution in [3.8, 4) is 0 Å². The van der Waals surface area contributed by atoms with Crippen molar-refractivity contribution < 1.29 is 4.52 Å². The SMILES string of the molecule is CCCCCCCCc1noc(N)c1CC. The van der Waals surface area contributed by atoms with E-state index >= 15 is 0 Å². The highest BCUT2D eigenvalue weighted by atomic mass is 16.5. The van der Waals surface area contributed by atoms with Gasteiger partial charge < -0.3 is 10.3 Å². The number of aryl methyl sites for hydroxylation is 1. The molecule has 92 valence electrons. The Morgan fingerprint density at radius 2 is 1.75 bits per heavy atom. The molecule has 0 bridgehead atoms. The first-order valence-corrected chi connectivity index (χ1v) is 6.52. The Morgan fingerprint density at radius 3 is 2.44 bits per heavy atom. The predicted molar refractivity (Wildman–Crippen MR) is 67.4 cm³/mol. The molecule has 3 heteroatoms. The number of nitrogens with zero attached hydrogens (tertiary/aromatic N) is 1. The molecule has 0 aromatic carbocycles. The fraction of sp³-hybridized carbons (Fsp3) is 0.769. The van der Waals surface area contributed by atoms with Gasteiger partial charge in [0.25, 0.3) is 0 Å². The summed E-state index contributed by atoms with van der Waals surface area (Å²) < 4.78 is 5.01. The van der Waals surface area contributed by atoms with Gasteiger partial charge in [0.1, 0.15) is 0 Å². The summed E-state index contributed by atoms with van der Waals surface area (Å²) in [6, 6.07) is 0. The van der Waals surface area contributed by atoms with Gasteiger partial charge in [-0.15, -0.1) is 0 Å². The van der Waals surface area contributed by atoms with Crippen LogP contribution in [-0.2, 0) is 12.8 Å². The quantitative estimate of drug-likeness (QED) is 0.685. The summed E-state index contributed by atoms with van der Waals surface area (Å²) in [5.41, 5.74) is 7.86. The van der Waals surface area contributed by atoms with E-state index in [1.54, 1.807) is 0 Å². The molecule has 0 spiro atoms. The summed E-state index contributed by atoms with van der Waals surface area (Å²) in [4.78, 5) is 0. The number of aromatic nitrogens is 1. The molecule has 0 aliphatic rings. The molecule has 0 saturated heterocycles. The highest BCUT2D eigenvalue weighted by Crippen LogP contribution is 2.19. The summed E-state index contributed by atoms with van der Waals surface area (Å²) in [5, 5.41) is 4.02. The molecular formula is C13H24N2O. The molecule has 0 aliphatic carbocycles. The highest BCUT2D eigenvalue weighted by Gasteiger charge is 2.10. The van der Waals surface area contributed by atoms with Crippen LogP contribution in [0.5, 0.6) is 0 Å². The van der Waals surface area contributed by atoms with E-state index in [1.165, 1.54) is 38.5 Å². The third-order valence-corrected chi connectivity index (χ3v) is 3.02. The van der Waals surface area contributed by atoms with Crippen molar-refractivity contribution in [2.45, 2.75) is 65.2 Å². The van der Waals surface area contributed by atoms with Crippen molar-refractivity contribution in [1.29, 1.82) is 0 Å². The Balaban J connectivity index is 2.21. The van der Waals surface area contributed by atoms with Crippen LogP contribution in [0, 0.1) is 0 Å². The van der Waals surface area contributed by atoms with Crippen LogP contribution in [0.1, 0.15) is 63.6 Å². The Kier molecular flexibility index (Phi) is 5.98. The topological polar surface area (TPSA) is 52.0 Å². The zero-order chi connectivity index (χ0) is 11.8. The van der Waals surface area contributed by atoms with Gasteiger partial charge in [-0.2, -0.15) is 0 Å². The lowest BCUT2D eigenvalue weighted by Crippen LogP contribution is -1.94. The van der Waals surface area contributed by atoms with Gasteiger partial charge >= 0.3 is 0 Å². The number of nitrogen functional groups attached to an aromatic ring is 1. The summed E-state index contributed by atoms with van der Waals surface area (Å²) in [7, 11) is 0. The van der Waals surface area contributed by atoms with E-state index in [-0.39, 0.29) is 0 Å². The van der Waals surface area contributed by atoms with Crippen LogP contribution in [0.25, 0.3) is 0 Å². The molecule has 1 aromatic heterocycles. The van der Waals surface area contributed by atoms with Crippen LogP contribution in [0.15, 0.2) is 4.52 Å². The Morgan fingerprint density at radius 1 is 1.06 bits per heavy atom. The molecule has 0 amide bonds. The van der Waals surface area contributed by atoms with Gasteiger partial charge in [0.2, 0.25) is 5.88 Å². The molecule has 0 atom stereocenters. The molecule has 1 aromatic rings. The Bertz CT molecular complexity index is 294. The van der Waals surface area contributed by atoms with Crippen molar-refractivity contribution in [3.05, 3.63) is 11.3 Å². The molecule has 3 nitrogen and oxygen atoms in total. The number of anilines is 1. The second-order valence-electron chi connectivity index (χ2n) is 4.34. The van der Waals surface area contributed by atoms with E-state index in [0.717, 1.165) is 24.1 Å². The minimum atomic E-state index is 0.503.